The first-order chi connectivity index (χ1) is 4.25. The summed E-state index contributed by atoms with van der Waals surface area (Å²) < 4.78 is 15.2. The molecule has 0 aromatic rings. The molecule has 0 radical (unpaired) electrons. The van der Waals surface area contributed by atoms with Gasteiger partial charge < -0.3 is 14.2 Å². The first-order valence-electron chi connectivity index (χ1n) is 3.12. The van der Waals surface area contributed by atoms with Crippen molar-refractivity contribution in [2.45, 2.75) is 25.9 Å². The van der Waals surface area contributed by atoms with Gasteiger partial charge in [0, 0.05) is 13.7 Å². The van der Waals surface area contributed by atoms with Crippen LogP contribution in [0.4, 0.5) is 0 Å². The molecule has 3 heteroatoms. The third-order valence-electron chi connectivity index (χ3n) is 1.41. The van der Waals surface area contributed by atoms with Gasteiger partial charge in [-0.1, -0.05) is 0 Å². The number of epoxide rings is 1. The van der Waals surface area contributed by atoms with Gasteiger partial charge >= 0.3 is 5.97 Å². The van der Waals surface area contributed by atoms with Gasteiger partial charge in [0.2, 0.25) is 0 Å². The second kappa shape index (κ2) is 2.25. The van der Waals surface area contributed by atoms with Gasteiger partial charge in [-0.25, -0.2) is 0 Å². The Kier molecular flexibility index (Phi) is 1.75. The van der Waals surface area contributed by atoms with Crippen LogP contribution in [0.15, 0.2) is 0 Å². The van der Waals surface area contributed by atoms with E-state index in [-0.39, 0.29) is 6.10 Å². The maximum Gasteiger partial charge on any atom is 0.311 e. The molecule has 2 unspecified atom stereocenters. The molecule has 0 bridgehead atoms. The van der Waals surface area contributed by atoms with E-state index in [2.05, 4.69) is 0 Å². The Bertz CT molecular complexity index is 100. The molecule has 1 fully saturated rings. The summed E-state index contributed by atoms with van der Waals surface area (Å²) in [5.41, 5.74) is 0. The number of hydrogen-bond acceptors (Lipinski definition) is 3. The SMILES string of the molecule is CCOC1(OC)OC1C. The van der Waals surface area contributed by atoms with Crippen LogP contribution in [0.1, 0.15) is 13.8 Å². The highest BCUT2D eigenvalue weighted by atomic mass is 16.9. The van der Waals surface area contributed by atoms with Gasteiger partial charge in [-0.15, -0.1) is 0 Å². The van der Waals surface area contributed by atoms with Crippen LogP contribution in [0.2, 0.25) is 0 Å². The minimum Gasteiger partial charge on any atom is -0.329 e. The average molecular weight is 132 g/mol. The molecule has 0 N–H and O–H groups in total. The molecule has 0 aromatic carbocycles. The van der Waals surface area contributed by atoms with Crippen LogP contribution >= 0.6 is 0 Å². The van der Waals surface area contributed by atoms with E-state index in [1.807, 2.05) is 13.8 Å². The predicted octanol–water partition coefficient (Wildman–Crippen LogP) is 0.742. The van der Waals surface area contributed by atoms with Crippen molar-refractivity contribution in [3.63, 3.8) is 0 Å². The summed E-state index contributed by atoms with van der Waals surface area (Å²) in [7, 11) is 1.58. The van der Waals surface area contributed by atoms with Gasteiger partial charge in [0.25, 0.3) is 0 Å². The lowest BCUT2D eigenvalue weighted by Gasteiger charge is -2.08. The van der Waals surface area contributed by atoms with Crippen molar-refractivity contribution in [1.82, 2.24) is 0 Å². The summed E-state index contributed by atoms with van der Waals surface area (Å²) in [4.78, 5) is 0. The molecule has 2 atom stereocenters. The van der Waals surface area contributed by atoms with Gasteiger partial charge in [0.05, 0.1) is 0 Å². The van der Waals surface area contributed by atoms with Crippen LogP contribution in [-0.2, 0) is 14.2 Å². The molecule has 0 saturated carbocycles. The number of methoxy groups -OCH3 is 1. The third-order valence-corrected chi connectivity index (χ3v) is 1.41. The zero-order valence-electron chi connectivity index (χ0n) is 6.01. The summed E-state index contributed by atoms with van der Waals surface area (Å²) in [6.07, 6.45) is 0.0856. The maximum absolute atomic E-state index is 5.16. The van der Waals surface area contributed by atoms with Crippen molar-refractivity contribution in [3.05, 3.63) is 0 Å². The summed E-state index contributed by atoms with van der Waals surface area (Å²) >= 11 is 0. The normalized spacial score (nSPS) is 41.0. The fourth-order valence-electron chi connectivity index (χ4n) is 0.838. The fourth-order valence-corrected chi connectivity index (χ4v) is 0.838. The van der Waals surface area contributed by atoms with E-state index >= 15 is 0 Å². The fraction of sp³-hybridized carbons (Fsp3) is 1.00. The molecule has 1 heterocycles. The zero-order valence-corrected chi connectivity index (χ0v) is 6.01. The van der Waals surface area contributed by atoms with Crippen LogP contribution in [0.25, 0.3) is 0 Å². The highest BCUT2D eigenvalue weighted by Crippen LogP contribution is 2.37. The molecule has 0 aliphatic carbocycles. The van der Waals surface area contributed by atoms with E-state index in [0.717, 1.165) is 0 Å². The first-order valence-corrected chi connectivity index (χ1v) is 3.12. The Morgan fingerprint density at radius 3 is 2.33 bits per heavy atom. The van der Waals surface area contributed by atoms with Crippen LogP contribution in [0.5, 0.6) is 0 Å². The molecule has 54 valence electrons. The minimum atomic E-state index is -0.700. The van der Waals surface area contributed by atoms with Crippen molar-refractivity contribution < 1.29 is 14.2 Å². The van der Waals surface area contributed by atoms with E-state index in [1.165, 1.54) is 0 Å². The Labute approximate surface area is 54.9 Å². The second-order valence-corrected chi connectivity index (χ2v) is 2.00. The van der Waals surface area contributed by atoms with Crippen molar-refractivity contribution in [3.8, 4) is 0 Å². The summed E-state index contributed by atoms with van der Waals surface area (Å²) in [5, 5.41) is 0. The molecule has 0 spiro atoms. The molecule has 0 amide bonds. The highest BCUT2D eigenvalue weighted by molar-refractivity contribution is 4.81. The Morgan fingerprint density at radius 1 is 1.67 bits per heavy atom. The van der Waals surface area contributed by atoms with Crippen LogP contribution in [-0.4, -0.2) is 25.8 Å². The van der Waals surface area contributed by atoms with Gasteiger partial charge in [-0.3, -0.25) is 0 Å². The Balaban J connectivity index is 2.33. The van der Waals surface area contributed by atoms with E-state index in [0.29, 0.717) is 6.61 Å². The topological polar surface area (TPSA) is 31.0 Å². The lowest BCUT2D eigenvalue weighted by molar-refractivity contribution is -0.210. The van der Waals surface area contributed by atoms with Crippen molar-refractivity contribution >= 4 is 0 Å². The average Bonchev–Trinajstić information content (AvgIpc) is 2.45. The summed E-state index contributed by atoms with van der Waals surface area (Å²) in [6.45, 7) is 4.45. The van der Waals surface area contributed by atoms with E-state index in [4.69, 9.17) is 14.2 Å². The Morgan fingerprint density at radius 2 is 2.22 bits per heavy atom. The molecule has 1 aliphatic heterocycles. The predicted molar refractivity (Wildman–Crippen MR) is 31.9 cm³/mol. The minimum absolute atomic E-state index is 0.0856. The highest BCUT2D eigenvalue weighted by Gasteiger charge is 2.56. The van der Waals surface area contributed by atoms with E-state index in [9.17, 15) is 0 Å². The molecule has 1 aliphatic rings. The van der Waals surface area contributed by atoms with Gasteiger partial charge in [-0.05, 0) is 13.8 Å². The van der Waals surface area contributed by atoms with Crippen molar-refractivity contribution in [2.75, 3.05) is 13.7 Å². The lowest BCUT2D eigenvalue weighted by atomic mass is 10.5. The molecule has 3 nitrogen and oxygen atoms in total. The quantitative estimate of drug-likeness (QED) is 0.419. The third kappa shape index (κ3) is 1.08. The lowest BCUT2D eigenvalue weighted by Crippen LogP contribution is -2.20. The van der Waals surface area contributed by atoms with E-state index < -0.39 is 5.97 Å². The summed E-state index contributed by atoms with van der Waals surface area (Å²) in [6, 6.07) is 0. The molecule has 0 aromatic heterocycles. The molecule has 1 saturated heterocycles. The number of rotatable bonds is 3. The van der Waals surface area contributed by atoms with Gasteiger partial charge in [0.1, 0.15) is 6.10 Å². The van der Waals surface area contributed by atoms with E-state index in [1.54, 1.807) is 7.11 Å². The summed E-state index contributed by atoms with van der Waals surface area (Å²) in [5.74, 6) is -0.700. The van der Waals surface area contributed by atoms with Crippen molar-refractivity contribution in [1.29, 1.82) is 0 Å². The molecule has 1 rings (SSSR count). The van der Waals surface area contributed by atoms with Crippen molar-refractivity contribution in [2.24, 2.45) is 0 Å². The van der Waals surface area contributed by atoms with Crippen LogP contribution < -0.4 is 0 Å². The standard InChI is InChI=1S/C6H12O3/c1-4-8-6(7-3)5(2)9-6/h5H,4H2,1-3H3. The number of hydrogen-bond donors (Lipinski definition) is 0. The molecule has 9 heavy (non-hydrogen) atoms. The van der Waals surface area contributed by atoms with Gasteiger partial charge in [0.15, 0.2) is 0 Å². The first kappa shape index (κ1) is 6.99. The maximum atomic E-state index is 5.16. The Hall–Kier alpha value is -0.120. The second-order valence-electron chi connectivity index (χ2n) is 2.00. The largest absolute Gasteiger partial charge is 0.329 e. The number of ether oxygens (including phenoxy) is 3. The molecular formula is C6H12O3. The van der Waals surface area contributed by atoms with Gasteiger partial charge in [-0.2, -0.15) is 0 Å². The zero-order chi connectivity index (χ0) is 6.91. The monoisotopic (exact) mass is 132 g/mol. The van der Waals surface area contributed by atoms with Crippen LogP contribution in [0.3, 0.4) is 0 Å². The van der Waals surface area contributed by atoms with Crippen LogP contribution in [0, 0.1) is 0 Å². The molecular weight excluding hydrogens is 120 g/mol. The smallest absolute Gasteiger partial charge is 0.311 e.